The first-order valence-corrected chi connectivity index (χ1v) is 11.5. The molecule has 4 aromatic rings. The van der Waals surface area contributed by atoms with E-state index >= 15 is 0 Å². The molecule has 1 fully saturated rings. The molecular formula is C23H21N5O3S. The van der Waals surface area contributed by atoms with Crippen LogP contribution in [0.1, 0.15) is 24.4 Å². The summed E-state index contributed by atoms with van der Waals surface area (Å²) < 4.78 is 12.9. The highest BCUT2D eigenvalue weighted by atomic mass is 32.2. The number of rotatable bonds is 7. The van der Waals surface area contributed by atoms with Gasteiger partial charge in [0.15, 0.2) is 22.5 Å². The van der Waals surface area contributed by atoms with Crippen LogP contribution in [0, 0.1) is 0 Å². The summed E-state index contributed by atoms with van der Waals surface area (Å²) in [5, 5.41) is 13.8. The number of nitrogens with zero attached hydrogens (tertiary/aromatic N) is 3. The lowest BCUT2D eigenvalue weighted by Gasteiger charge is -2.09. The van der Waals surface area contributed by atoms with Gasteiger partial charge in [-0.15, -0.1) is 10.2 Å². The van der Waals surface area contributed by atoms with Gasteiger partial charge in [-0.05, 0) is 36.6 Å². The predicted molar refractivity (Wildman–Crippen MR) is 121 cm³/mol. The Bertz CT molecular complexity index is 1310. The zero-order valence-corrected chi connectivity index (χ0v) is 18.0. The van der Waals surface area contributed by atoms with Crippen molar-refractivity contribution >= 4 is 28.6 Å². The fourth-order valence-corrected chi connectivity index (χ4v) is 4.75. The van der Waals surface area contributed by atoms with Crippen LogP contribution in [-0.2, 0) is 11.3 Å². The Morgan fingerprint density at radius 2 is 2.03 bits per heavy atom. The van der Waals surface area contributed by atoms with Crippen molar-refractivity contribution in [2.24, 2.45) is 0 Å². The third kappa shape index (κ3) is 3.58. The maximum atomic E-state index is 12.5. The first-order chi connectivity index (χ1) is 15.8. The van der Waals surface area contributed by atoms with Crippen LogP contribution in [0.5, 0.6) is 11.5 Å². The second kappa shape index (κ2) is 7.90. The number of fused-ring (bicyclic) bond motifs is 2. The van der Waals surface area contributed by atoms with Crippen molar-refractivity contribution in [3.05, 3.63) is 54.2 Å². The summed E-state index contributed by atoms with van der Waals surface area (Å²) in [7, 11) is 0. The third-order valence-electron chi connectivity index (χ3n) is 5.67. The molecule has 2 aromatic heterocycles. The molecule has 32 heavy (non-hydrogen) atoms. The number of benzene rings is 2. The summed E-state index contributed by atoms with van der Waals surface area (Å²) >= 11 is 1.42. The van der Waals surface area contributed by atoms with Gasteiger partial charge in [0.1, 0.15) is 0 Å². The van der Waals surface area contributed by atoms with Crippen LogP contribution in [0.4, 0.5) is 0 Å². The Hall–Kier alpha value is -3.46. The van der Waals surface area contributed by atoms with Gasteiger partial charge >= 0.3 is 0 Å². The van der Waals surface area contributed by atoms with E-state index in [1.54, 1.807) is 0 Å². The number of amides is 1. The molecular weight excluding hydrogens is 426 g/mol. The number of hydrogen-bond acceptors (Lipinski definition) is 6. The van der Waals surface area contributed by atoms with Crippen LogP contribution in [0.25, 0.3) is 22.3 Å². The molecule has 1 aliphatic heterocycles. The van der Waals surface area contributed by atoms with Crippen molar-refractivity contribution in [1.82, 2.24) is 25.1 Å². The molecule has 1 saturated carbocycles. The summed E-state index contributed by atoms with van der Waals surface area (Å²) in [6.07, 6.45) is 4.20. The van der Waals surface area contributed by atoms with Gasteiger partial charge in [0.2, 0.25) is 12.7 Å². The Balaban J connectivity index is 1.14. The maximum Gasteiger partial charge on any atom is 0.231 e. The van der Waals surface area contributed by atoms with Gasteiger partial charge in [-0.2, -0.15) is 0 Å². The monoisotopic (exact) mass is 447 g/mol. The van der Waals surface area contributed by atoms with E-state index in [0.717, 1.165) is 51.6 Å². The molecule has 0 radical (unpaired) electrons. The minimum Gasteiger partial charge on any atom is -0.454 e. The first kappa shape index (κ1) is 19.2. The SMILES string of the molecule is O=C(CSc1nnc(-c2c[nH]c3ccccc23)n1C1CC1)NCc1ccc2c(c1)OCO2. The van der Waals surface area contributed by atoms with Crippen LogP contribution >= 0.6 is 11.8 Å². The van der Waals surface area contributed by atoms with Gasteiger partial charge < -0.3 is 19.8 Å². The molecule has 0 bridgehead atoms. The molecule has 0 atom stereocenters. The number of hydrogen-bond donors (Lipinski definition) is 2. The molecule has 0 saturated heterocycles. The molecule has 0 spiro atoms. The first-order valence-electron chi connectivity index (χ1n) is 10.6. The van der Waals surface area contributed by atoms with E-state index in [2.05, 4.69) is 37.2 Å². The second-order valence-electron chi connectivity index (χ2n) is 7.91. The zero-order valence-electron chi connectivity index (χ0n) is 17.2. The quantitative estimate of drug-likeness (QED) is 0.418. The van der Waals surface area contributed by atoms with Gasteiger partial charge in [0, 0.05) is 35.2 Å². The Kier molecular flexibility index (Phi) is 4.75. The van der Waals surface area contributed by atoms with Crippen molar-refractivity contribution in [2.45, 2.75) is 30.6 Å². The van der Waals surface area contributed by atoms with Crippen molar-refractivity contribution in [2.75, 3.05) is 12.5 Å². The number of aromatic amines is 1. The fourth-order valence-electron chi connectivity index (χ4n) is 3.91. The van der Waals surface area contributed by atoms with Crippen LogP contribution in [0.3, 0.4) is 0 Å². The molecule has 2 aromatic carbocycles. The fraction of sp³-hybridized carbons (Fsp3) is 0.261. The molecule has 8 nitrogen and oxygen atoms in total. The van der Waals surface area contributed by atoms with E-state index in [1.807, 2.05) is 36.5 Å². The lowest BCUT2D eigenvalue weighted by atomic mass is 10.1. The minimum absolute atomic E-state index is 0.0494. The van der Waals surface area contributed by atoms with Crippen LogP contribution in [0.15, 0.2) is 53.8 Å². The van der Waals surface area contributed by atoms with Gasteiger partial charge in [-0.25, -0.2) is 0 Å². The molecule has 2 N–H and O–H groups in total. The second-order valence-corrected chi connectivity index (χ2v) is 8.85. The molecule has 162 valence electrons. The summed E-state index contributed by atoms with van der Waals surface area (Å²) in [4.78, 5) is 15.8. The number of nitrogens with one attached hydrogen (secondary N) is 2. The van der Waals surface area contributed by atoms with E-state index in [-0.39, 0.29) is 18.5 Å². The van der Waals surface area contributed by atoms with Crippen molar-refractivity contribution in [1.29, 1.82) is 0 Å². The topological polar surface area (TPSA) is 94.1 Å². The standard InChI is InChI=1S/C23H21N5O3S/c29-21(25-10-14-5-8-19-20(9-14)31-13-30-19)12-32-23-27-26-22(28(23)15-6-7-15)17-11-24-18-4-2-1-3-16(17)18/h1-5,8-9,11,15,24H,6-7,10,12-13H2,(H,25,29). The average molecular weight is 448 g/mol. The van der Waals surface area contributed by atoms with Crippen molar-refractivity contribution < 1.29 is 14.3 Å². The third-order valence-corrected chi connectivity index (χ3v) is 6.61. The number of thioether (sulfide) groups is 1. The summed E-state index contributed by atoms with van der Waals surface area (Å²) in [5.41, 5.74) is 3.08. The Labute approximate surface area is 188 Å². The highest BCUT2D eigenvalue weighted by Gasteiger charge is 2.31. The number of carbonyl (C=O) groups excluding carboxylic acids is 1. The lowest BCUT2D eigenvalue weighted by Crippen LogP contribution is -2.24. The molecule has 9 heteroatoms. The van der Waals surface area contributed by atoms with Gasteiger partial charge in [0.25, 0.3) is 0 Å². The molecule has 3 heterocycles. The van der Waals surface area contributed by atoms with E-state index in [0.29, 0.717) is 18.3 Å². The minimum atomic E-state index is -0.0494. The van der Waals surface area contributed by atoms with Crippen LogP contribution in [0.2, 0.25) is 0 Å². The molecule has 0 unspecified atom stereocenters. The predicted octanol–water partition coefficient (Wildman–Crippen LogP) is 3.90. The Morgan fingerprint density at radius 1 is 1.16 bits per heavy atom. The van der Waals surface area contributed by atoms with E-state index < -0.39 is 0 Å². The number of aromatic nitrogens is 4. The number of carbonyl (C=O) groups is 1. The summed E-state index contributed by atoms with van der Waals surface area (Å²) in [6, 6.07) is 14.3. The van der Waals surface area contributed by atoms with E-state index in [9.17, 15) is 4.79 Å². The van der Waals surface area contributed by atoms with Crippen LogP contribution < -0.4 is 14.8 Å². The highest BCUT2D eigenvalue weighted by molar-refractivity contribution is 7.99. The largest absolute Gasteiger partial charge is 0.454 e. The van der Waals surface area contributed by atoms with Crippen molar-refractivity contribution in [3.63, 3.8) is 0 Å². The smallest absolute Gasteiger partial charge is 0.231 e. The number of para-hydroxylation sites is 1. The summed E-state index contributed by atoms with van der Waals surface area (Å²) in [5.74, 6) is 2.54. The maximum absolute atomic E-state index is 12.5. The highest BCUT2D eigenvalue weighted by Crippen LogP contribution is 2.42. The Morgan fingerprint density at radius 3 is 2.94 bits per heavy atom. The van der Waals surface area contributed by atoms with Crippen molar-refractivity contribution in [3.8, 4) is 22.9 Å². The summed E-state index contributed by atoms with van der Waals surface area (Å²) in [6.45, 7) is 0.677. The normalized spacial score (nSPS) is 14.8. The molecule has 6 rings (SSSR count). The van der Waals surface area contributed by atoms with E-state index in [1.165, 1.54) is 11.8 Å². The van der Waals surface area contributed by atoms with Gasteiger partial charge in [0.05, 0.1) is 5.75 Å². The van der Waals surface area contributed by atoms with Crippen LogP contribution in [-0.4, -0.2) is 38.2 Å². The molecule has 1 aliphatic carbocycles. The van der Waals surface area contributed by atoms with Gasteiger partial charge in [-0.1, -0.05) is 36.0 Å². The van der Waals surface area contributed by atoms with Gasteiger partial charge in [-0.3, -0.25) is 9.36 Å². The zero-order chi connectivity index (χ0) is 21.5. The van der Waals surface area contributed by atoms with E-state index in [4.69, 9.17) is 9.47 Å². The lowest BCUT2D eigenvalue weighted by molar-refractivity contribution is -0.118. The average Bonchev–Trinajstić information content (AvgIpc) is 3.22. The number of H-pyrrole nitrogens is 1. The molecule has 1 amide bonds. The molecule has 2 aliphatic rings. The number of ether oxygens (including phenoxy) is 2.